The van der Waals surface area contributed by atoms with E-state index in [1.54, 1.807) is 0 Å². The number of carboxylic acids is 1. The van der Waals surface area contributed by atoms with Crippen LogP contribution in [0, 0.1) is 0 Å². The number of carboxylic acid groups (broad SMARTS) is 1. The van der Waals surface area contributed by atoms with Crippen molar-refractivity contribution in [2.24, 2.45) is 5.14 Å². The van der Waals surface area contributed by atoms with Crippen LogP contribution in [0.4, 0.5) is 0 Å². The quantitative estimate of drug-likeness (QED) is 0.753. The van der Waals surface area contributed by atoms with Gasteiger partial charge in [0.05, 0.1) is 4.90 Å². The molecule has 0 aliphatic carbocycles. The fourth-order valence-corrected chi connectivity index (χ4v) is 2.15. The Morgan fingerprint density at radius 2 is 1.70 bits per heavy atom. The van der Waals surface area contributed by atoms with Crippen molar-refractivity contribution < 1.29 is 18.3 Å². The van der Waals surface area contributed by atoms with Crippen LogP contribution >= 0.6 is 0 Å². The second kappa shape index (κ2) is 4.91. The number of hydrogen-bond acceptors (Lipinski definition) is 4. The first-order chi connectivity index (χ1) is 9.29. The van der Waals surface area contributed by atoms with Crippen LogP contribution in [0.1, 0.15) is 10.4 Å². The molecule has 0 amide bonds. The van der Waals surface area contributed by atoms with Gasteiger partial charge in [-0.05, 0) is 29.8 Å². The molecular weight excluding hydrogens is 284 g/mol. The van der Waals surface area contributed by atoms with Crippen LogP contribution in [0.25, 0.3) is 11.3 Å². The van der Waals surface area contributed by atoms with E-state index in [9.17, 15) is 18.0 Å². The van der Waals surface area contributed by atoms with Crippen LogP contribution in [0.2, 0.25) is 0 Å². The molecule has 1 heterocycles. The highest BCUT2D eigenvalue weighted by atomic mass is 32.2. The van der Waals surface area contributed by atoms with E-state index in [-0.39, 0.29) is 10.5 Å². The van der Waals surface area contributed by atoms with Gasteiger partial charge in [-0.25, -0.2) is 18.4 Å². The van der Waals surface area contributed by atoms with Crippen molar-refractivity contribution in [2.45, 2.75) is 4.90 Å². The molecule has 0 unspecified atom stereocenters. The molecule has 104 valence electrons. The normalized spacial score (nSPS) is 11.2. The van der Waals surface area contributed by atoms with E-state index < -0.39 is 21.6 Å². The van der Waals surface area contributed by atoms with Gasteiger partial charge in [-0.15, -0.1) is 0 Å². The zero-order chi connectivity index (χ0) is 14.9. The summed E-state index contributed by atoms with van der Waals surface area (Å²) in [5.74, 6) is -1.32. The number of primary sulfonamides is 1. The number of rotatable bonds is 3. The summed E-state index contributed by atoms with van der Waals surface area (Å²) in [6, 6.07) is 8.14. The van der Waals surface area contributed by atoms with Gasteiger partial charge >= 0.3 is 5.97 Å². The van der Waals surface area contributed by atoms with Crippen LogP contribution in [0.5, 0.6) is 0 Å². The van der Waals surface area contributed by atoms with Gasteiger partial charge in [0.1, 0.15) is 5.56 Å². The second-order valence-corrected chi connectivity index (χ2v) is 5.55. The fraction of sp³-hybridized carbons (Fsp3) is 0. The maximum Gasteiger partial charge on any atom is 0.341 e. The lowest BCUT2D eigenvalue weighted by Crippen LogP contribution is -2.17. The van der Waals surface area contributed by atoms with E-state index in [0.29, 0.717) is 11.3 Å². The van der Waals surface area contributed by atoms with Crippen LogP contribution < -0.4 is 10.7 Å². The molecule has 0 aliphatic heterocycles. The SMILES string of the molecule is NS(=O)(=O)c1ccc(-c2ccc(C(=O)O)c(=O)[nH]2)cc1. The molecule has 0 radical (unpaired) electrons. The molecule has 0 atom stereocenters. The molecule has 20 heavy (non-hydrogen) atoms. The molecule has 0 fully saturated rings. The first-order valence-corrected chi connectivity index (χ1v) is 6.93. The number of benzene rings is 1. The third kappa shape index (κ3) is 2.76. The zero-order valence-electron chi connectivity index (χ0n) is 10.0. The maximum absolute atomic E-state index is 11.5. The molecule has 1 aromatic carbocycles. The summed E-state index contributed by atoms with van der Waals surface area (Å²) in [6.45, 7) is 0. The van der Waals surface area contributed by atoms with Crippen molar-refractivity contribution in [3.8, 4) is 11.3 Å². The minimum atomic E-state index is -3.78. The van der Waals surface area contributed by atoms with E-state index in [1.807, 2.05) is 0 Å². The lowest BCUT2D eigenvalue weighted by Gasteiger charge is -2.04. The minimum absolute atomic E-state index is 0.0502. The molecule has 7 nitrogen and oxygen atoms in total. The van der Waals surface area contributed by atoms with E-state index in [0.717, 1.165) is 0 Å². The van der Waals surface area contributed by atoms with E-state index in [1.165, 1.54) is 36.4 Å². The Morgan fingerprint density at radius 1 is 1.10 bits per heavy atom. The highest BCUT2D eigenvalue weighted by Gasteiger charge is 2.11. The summed E-state index contributed by atoms with van der Waals surface area (Å²) < 4.78 is 22.2. The number of pyridine rings is 1. The van der Waals surface area contributed by atoms with Gasteiger partial charge in [0.15, 0.2) is 0 Å². The number of nitrogens with one attached hydrogen (secondary N) is 1. The molecule has 2 rings (SSSR count). The van der Waals surface area contributed by atoms with E-state index in [4.69, 9.17) is 10.2 Å². The Labute approximate surface area is 113 Å². The number of H-pyrrole nitrogens is 1. The molecule has 0 bridgehead atoms. The number of aromatic amines is 1. The van der Waals surface area contributed by atoms with Crippen molar-refractivity contribution in [1.82, 2.24) is 4.98 Å². The molecular formula is C12H10N2O5S. The average molecular weight is 294 g/mol. The number of nitrogens with two attached hydrogens (primary N) is 1. The van der Waals surface area contributed by atoms with Gasteiger partial charge in [-0.2, -0.15) is 0 Å². The van der Waals surface area contributed by atoms with Gasteiger partial charge in [-0.1, -0.05) is 12.1 Å². The number of aromatic carboxylic acids is 1. The smallest absolute Gasteiger partial charge is 0.341 e. The molecule has 8 heteroatoms. The lowest BCUT2D eigenvalue weighted by molar-refractivity contribution is 0.0695. The topological polar surface area (TPSA) is 130 Å². The van der Waals surface area contributed by atoms with Crippen LogP contribution in [0.15, 0.2) is 46.1 Å². The maximum atomic E-state index is 11.5. The molecule has 0 spiro atoms. The first kappa shape index (κ1) is 14.0. The monoisotopic (exact) mass is 294 g/mol. The van der Waals surface area contributed by atoms with Crippen LogP contribution in [-0.4, -0.2) is 24.5 Å². The van der Waals surface area contributed by atoms with Crippen molar-refractivity contribution in [3.05, 3.63) is 52.3 Å². The third-order valence-corrected chi connectivity index (χ3v) is 3.56. The van der Waals surface area contributed by atoms with Gasteiger partial charge < -0.3 is 10.1 Å². The summed E-state index contributed by atoms with van der Waals surface area (Å²) in [6.07, 6.45) is 0. The van der Waals surface area contributed by atoms with Gasteiger partial charge in [0.25, 0.3) is 5.56 Å². The molecule has 0 aliphatic rings. The number of carbonyl (C=O) groups is 1. The summed E-state index contributed by atoms with van der Waals surface area (Å²) in [5, 5.41) is 13.7. The standard InChI is InChI=1S/C12H10N2O5S/c13-20(18,19)8-3-1-7(2-4-8)10-6-5-9(12(16)17)11(15)14-10/h1-6H,(H,14,15)(H,16,17)(H2,13,18,19). The van der Waals surface area contributed by atoms with Crippen molar-refractivity contribution >= 4 is 16.0 Å². The Bertz CT molecular complexity index is 822. The van der Waals surface area contributed by atoms with Crippen LogP contribution in [0.3, 0.4) is 0 Å². The molecule has 2 aromatic rings. The Hall–Kier alpha value is -2.45. The highest BCUT2D eigenvalue weighted by Crippen LogP contribution is 2.18. The predicted octanol–water partition coefficient (Wildman–Crippen LogP) is 0.387. The Balaban J connectivity index is 2.45. The highest BCUT2D eigenvalue weighted by molar-refractivity contribution is 7.89. The fourth-order valence-electron chi connectivity index (χ4n) is 1.63. The Morgan fingerprint density at radius 3 is 2.15 bits per heavy atom. The molecule has 4 N–H and O–H groups in total. The molecule has 1 aromatic heterocycles. The van der Waals surface area contributed by atoms with Crippen LogP contribution in [-0.2, 0) is 10.0 Å². The predicted molar refractivity (Wildman–Crippen MR) is 70.8 cm³/mol. The van der Waals surface area contributed by atoms with Gasteiger partial charge in [0, 0.05) is 5.69 Å². The largest absolute Gasteiger partial charge is 0.477 e. The number of aromatic nitrogens is 1. The Kier molecular flexibility index (Phi) is 3.43. The minimum Gasteiger partial charge on any atom is -0.477 e. The zero-order valence-corrected chi connectivity index (χ0v) is 10.8. The van der Waals surface area contributed by atoms with E-state index >= 15 is 0 Å². The second-order valence-electron chi connectivity index (χ2n) is 3.99. The first-order valence-electron chi connectivity index (χ1n) is 5.39. The van der Waals surface area contributed by atoms with Crippen molar-refractivity contribution in [1.29, 1.82) is 0 Å². The molecule has 0 saturated carbocycles. The summed E-state index contributed by atoms with van der Waals surface area (Å²) in [4.78, 5) is 24.6. The summed E-state index contributed by atoms with van der Waals surface area (Å²) in [5.41, 5.74) is -0.187. The number of hydrogen-bond donors (Lipinski definition) is 3. The van der Waals surface area contributed by atoms with E-state index in [2.05, 4.69) is 4.98 Å². The van der Waals surface area contributed by atoms with Crippen molar-refractivity contribution in [2.75, 3.05) is 0 Å². The lowest BCUT2D eigenvalue weighted by atomic mass is 10.1. The molecule has 0 saturated heterocycles. The van der Waals surface area contributed by atoms with Gasteiger partial charge in [-0.3, -0.25) is 4.79 Å². The third-order valence-electron chi connectivity index (χ3n) is 2.63. The van der Waals surface area contributed by atoms with Crippen molar-refractivity contribution in [3.63, 3.8) is 0 Å². The summed E-state index contributed by atoms with van der Waals surface area (Å²) in [7, 11) is -3.78. The average Bonchev–Trinajstić information content (AvgIpc) is 2.37. The summed E-state index contributed by atoms with van der Waals surface area (Å²) >= 11 is 0. The number of sulfonamides is 1. The van der Waals surface area contributed by atoms with Gasteiger partial charge in [0.2, 0.25) is 10.0 Å².